The fraction of sp³-hybridized carbons (Fsp3) is 0.188. The van der Waals surface area contributed by atoms with Crippen LogP contribution in [0.15, 0.2) is 46.1 Å². The van der Waals surface area contributed by atoms with Gasteiger partial charge in [0.1, 0.15) is 0 Å². The highest BCUT2D eigenvalue weighted by Crippen LogP contribution is 2.31. The number of rotatable bonds is 7. The predicted octanol–water partition coefficient (Wildman–Crippen LogP) is 4.96. The number of hydrogen-bond donors (Lipinski definition) is 2. The van der Waals surface area contributed by atoms with Crippen LogP contribution in [-0.2, 0) is 16.7 Å². The van der Waals surface area contributed by atoms with Crippen molar-refractivity contribution in [3.63, 3.8) is 0 Å². The smallest absolute Gasteiger partial charge is 0.376 e. The maximum Gasteiger partial charge on any atom is 0.416 e. The molecule has 1 aromatic carbocycles. The number of hydrogen-bond acceptors (Lipinski definition) is 7. The van der Waals surface area contributed by atoms with Crippen LogP contribution in [0.4, 0.5) is 24.0 Å². The van der Waals surface area contributed by atoms with Gasteiger partial charge < -0.3 is 5.32 Å². The van der Waals surface area contributed by atoms with E-state index in [1.54, 1.807) is 11.3 Å². The summed E-state index contributed by atoms with van der Waals surface area (Å²) in [6, 6.07) is 8.68. The van der Waals surface area contributed by atoms with Crippen molar-refractivity contribution >= 4 is 51.2 Å². The summed E-state index contributed by atoms with van der Waals surface area (Å²) in [5, 5.41) is 15.5. The van der Waals surface area contributed by atoms with Gasteiger partial charge in [-0.15, -0.1) is 21.5 Å². The summed E-state index contributed by atoms with van der Waals surface area (Å²) in [5.41, 5.74) is -0.561. The van der Waals surface area contributed by atoms with E-state index in [1.165, 1.54) is 40.1 Å². The minimum atomic E-state index is -4.43. The van der Waals surface area contributed by atoms with Crippen molar-refractivity contribution in [2.45, 2.75) is 16.3 Å². The lowest BCUT2D eigenvalue weighted by atomic mass is 10.2. The third-order valence-corrected chi connectivity index (χ3v) is 6.29. The monoisotopic (exact) mass is 430 g/mol. The van der Waals surface area contributed by atoms with E-state index in [4.69, 9.17) is 0 Å². The molecule has 11 heteroatoms. The van der Waals surface area contributed by atoms with Crippen LogP contribution in [0, 0.1) is 0 Å². The van der Waals surface area contributed by atoms with Crippen molar-refractivity contribution < 1.29 is 18.0 Å². The molecular formula is C16H13F3N4OS3. The number of carbonyl (C=O) groups excluding carboxylic acids is 1. The number of halogens is 3. The Labute approximate surface area is 165 Å². The van der Waals surface area contributed by atoms with E-state index in [1.807, 2.05) is 17.5 Å². The second-order valence-corrected chi connectivity index (χ2v) is 8.45. The fourth-order valence-corrected chi connectivity index (χ4v) is 4.54. The van der Waals surface area contributed by atoms with Gasteiger partial charge in [0.15, 0.2) is 4.34 Å². The van der Waals surface area contributed by atoms with Crippen molar-refractivity contribution in [3.05, 3.63) is 52.2 Å². The van der Waals surface area contributed by atoms with E-state index < -0.39 is 17.6 Å². The Bertz CT molecular complexity index is 896. The van der Waals surface area contributed by atoms with Crippen molar-refractivity contribution in [1.82, 2.24) is 10.2 Å². The van der Waals surface area contributed by atoms with Gasteiger partial charge in [0.05, 0.1) is 12.1 Å². The first-order chi connectivity index (χ1) is 12.9. The molecule has 0 aliphatic carbocycles. The first kappa shape index (κ1) is 19.6. The molecule has 0 bridgehead atoms. The number of nitrogens with zero attached hydrogens (tertiary/aromatic N) is 2. The van der Waals surface area contributed by atoms with E-state index in [9.17, 15) is 18.0 Å². The maximum absolute atomic E-state index is 12.7. The molecule has 27 heavy (non-hydrogen) atoms. The van der Waals surface area contributed by atoms with E-state index in [-0.39, 0.29) is 12.2 Å². The Morgan fingerprint density at radius 1 is 1.19 bits per heavy atom. The number of benzene rings is 1. The van der Waals surface area contributed by atoms with Crippen molar-refractivity contribution in [2.75, 3.05) is 17.2 Å². The van der Waals surface area contributed by atoms with Gasteiger partial charge in [-0.3, -0.25) is 10.1 Å². The number of amides is 1. The lowest BCUT2D eigenvalue weighted by Crippen LogP contribution is -2.21. The largest absolute Gasteiger partial charge is 0.416 e. The molecule has 0 aliphatic heterocycles. The number of nitrogens with one attached hydrogen (secondary N) is 2. The maximum atomic E-state index is 12.7. The molecule has 0 aliphatic rings. The number of aromatic nitrogens is 2. The fourth-order valence-electron chi connectivity index (χ4n) is 2.00. The predicted molar refractivity (Wildman–Crippen MR) is 102 cm³/mol. The van der Waals surface area contributed by atoms with Crippen molar-refractivity contribution in [3.8, 4) is 0 Å². The number of thioether (sulfide) groups is 1. The molecular weight excluding hydrogens is 417 g/mol. The van der Waals surface area contributed by atoms with E-state index in [2.05, 4.69) is 20.8 Å². The molecule has 0 fully saturated rings. The third-order valence-electron chi connectivity index (χ3n) is 3.21. The summed E-state index contributed by atoms with van der Waals surface area (Å²) in [5.74, 6) is 0.357. The average molecular weight is 431 g/mol. The number of carbonyl (C=O) groups is 1. The van der Waals surface area contributed by atoms with Crippen LogP contribution in [0.3, 0.4) is 0 Å². The summed E-state index contributed by atoms with van der Waals surface area (Å²) >= 11 is 4.42. The molecule has 3 aromatic rings. The van der Waals surface area contributed by atoms with Gasteiger partial charge in [0.2, 0.25) is 11.0 Å². The molecule has 0 saturated heterocycles. The van der Waals surface area contributed by atoms with Gasteiger partial charge in [-0.2, -0.15) is 13.2 Å². The first-order valence-corrected chi connectivity index (χ1v) is 10.3. The molecule has 0 unspecified atom stereocenters. The van der Waals surface area contributed by atoms with Crippen LogP contribution >= 0.6 is 34.4 Å². The summed E-state index contributed by atoms with van der Waals surface area (Å²) in [6.45, 7) is -0.182. The van der Waals surface area contributed by atoms with Gasteiger partial charge in [-0.05, 0) is 29.6 Å². The van der Waals surface area contributed by atoms with Crippen LogP contribution in [0.1, 0.15) is 10.4 Å². The Morgan fingerprint density at radius 2 is 2.04 bits per heavy atom. The van der Waals surface area contributed by atoms with Gasteiger partial charge in [-0.25, -0.2) is 0 Å². The Morgan fingerprint density at radius 3 is 2.78 bits per heavy atom. The van der Waals surface area contributed by atoms with Crippen LogP contribution in [0.2, 0.25) is 0 Å². The molecule has 142 valence electrons. The lowest BCUT2D eigenvalue weighted by molar-refractivity contribution is -0.137. The molecule has 2 aromatic heterocycles. The average Bonchev–Trinajstić information content (AvgIpc) is 3.29. The number of alkyl halides is 3. The molecule has 3 rings (SSSR count). The van der Waals surface area contributed by atoms with Crippen LogP contribution in [0.25, 0.3) is 0 Å². The standard InChI is InChI=1S/C16H13F3N4OS3/c17-16(18,19)10-3-1-4-11(7-10)20-8-13(24)21-14-22-23-15(27-14)26-9-12-5-2-6-25-12/h1-7,20H,8-9H2,(H,21,22,24). The third kappa shape index (κ3) is 5.94. The van der Waals surface area contributed by atoms with Gasteiger partial charge >= 0.3 is 6.18 Å². The van der Waals surface area contributed by atoms with E-state index >= 15 is 0 Å². The minimum Gasteiger partial charge on any atom is -0.376 e. The first-order valence-electron chi connectivity index (χ1n) is 7.60. The SMILES string of the molecule is O=C(CNc1cccc(C(F)(F)F)c1)Nc1nnc(SCc2cccs2)s1. The van der Waals surface area contributed by atoms with Crippen molar-refractivity contribution in [2.24, 2.45) is 0 Å². The molecule has 0 atom stereocenters. The Hall–Kier alpha value is -2.11. The van der Waals surface area contributed by atoms with Crippen LogP contribution in [-0.4, -0.2) is 22.6 Å². The zero-order valence-corrected chi connectivity index (χ0v) is 16.1. The number of anilines is 2. The summed E-state index contributed by atoms with van der Waals surface area (Å²) < 4.78 is 38.8. The topological polar surface area (TPSA) is 66.9 Å². The summed E-state index contributed by atoms with van der Waals surface area (Å²) in [4.78, 5) is 13.2. The lowest BCUT2D eigenvalue weighted by Gasteiger charge is -2.10. The van der Waals surface area contributed by atoms with E-state index in [0.717, 1.165) is 22.2 Å². The second-order valence-electron chi connectivity index (χ2n) is 5.22. The Kier molecular flexibility index (Phi) is 6.34. The molecule has 5 nitrogen and oxygen atoms in total. The highest BCUT2D eigenvalue weighted by molar-refractivity contribution is 8.00. The molecule has 0 spiro atoms. The zero-order chi connectivity index (χ0) is 19.3. The molecule has 1 amide bonds. The quantitative estimate of drug-likeness (QED) is 0.410. The van der Waals surface area contributed by atoms with Crippen LogP contribution < -0.4 is 10.6 Å². The minimum absolute atomic E-state index is 0.182. The highest BCUT2D eigenvalue weighted by atomic mass is 32.2. The summed E-state index contributed by atoms with van der Waals surface area (Å²) in [7, 11) is 0. The van der Waals surface area contributed by atoms with Gasteiger partial charge in [0.25, 0.3) is 0 Å². The molecule has 2 heterocycles. The second kappa shape index (κ2) is 8.72. The normalized spacial score (nSPS) is 11.4. The van der Waals surface area contributed by atoms with Gasteiger partial charge in [-0.1, -0.05) is 35.2 Å². The summed E-state index contributed by atoms with van der Waals surface area (Å²) in [6.07, 6.45) is -4.43. The molecule has 0 radical (unpaired) electrons. The highest BCUT2D eigenvalue weighted by Gasteiger charge is 2.30. The van der Waals surface area contributed by atoms with Crippen LogP contribution in [0.5, 0.6) is 0 Å². The van der Waals surface area contributed by atoms with Gasteiger partial charge in [0, 0.05) is 16.3 Å². The van der Waals surface area contributed by atoms with Crippen molar-refractivity contribution in [1.29, 1.82) is 0 Å². The molecule has 2 N–H and O–H groups in total. The molecule has 0 saturated carbocycles. The Balaban J connectivity index is 1.48. The van der Waals surface area contributed by atoms with E-state index in [0.29, 0.717) is 5.13 Å². The number of thiophene rings is 1. The zero-order valence-electron chi connectivity index (χ0n) is 13.6.